The van der Waals surface area contributed by atoms with Crippen molar-refractivity contribution in [3.63, 3.8) is 0 Å². The molecule has 12 aromatic rings. The van der Waals surface area contributed by atoms with Gasteiger partial charge in [-0.2, -0.15) is 0 Å². The lowest BCUT2D eigenvalue weighted by atomic mass is 9.66. The van der Waals surface area contributed by atoms with Gasteiger partial charge in [0.1, 0.15) is 0 Å². The molecule has 4 aliphatic rings. The first-order valence-electron chi connectivity index (χ1n) is 24.1. The normalized spacial score (nSPS) is 15.8. The van der Waals surface area contributed by atoms with E-state index in [0.717, 1.165) is 39.3 Å². The van der Waals surface area contributed by atoms with E-state index < -0.39 is 10.8 Å². The van der Waals surface area contributed by atoms with Gasteiger partial charge in [-0.3, -0.25) is 9.97 Å². The van der Waals surface area contributed by atoms with Gasteiger partial charge in [0.25, 0.3) is 0 Å². The molecule has 1 aliphatic heterocycles. The molecule has 2 spiro atoms. The first-order chi connectivity index (χ1) is 34.7. The van der Waals surface area contributed by atoms with Crippen molar-refractivity contribution in [1.29, 1.82) is 0 Å². The van der Waals surface area contributed by atoms with Crippen LogP contribution in [0.3, 0.4) is 0 Å². The fourth-order valence-electron chi connectivity index (χ4n) is 13.2. The minimum Gasteiger partial charge on any atom is -0.309 e. The Labute approximate surface area is 409 Å². The number of aromatic nitrogens is 3. The van der Waals surface area contributed by atoms with Gasteiger partial charge in [0.15, 0.2) is 0 Å². The molecule has 3 nitrogen and oxygen atoms in total. The predicted molar refractivity (Wildman–Crippen MR) is 285 cm³/mol. The first kappa shape index (κ1) is 38.4. The molecule has 9 aromatic carbocycles. The highest BCUT2D eigenvalue weighted by Crippen LogP contribution is 2.67. The lowest BCUT2D eigenvalue weighted by Gasteiger charge is -2.40. The lowest BCUT2D eigenvalue weighted by molar-refractivity contribution is 0.715. The van der Waals surface area contributed by atoms with Crippen LogP contribution < -0.4 is 0 Å². The van der Waals surface area contributed by atoms with Gasteiger partial charge in [-0.05, 0) is 139 Å². The van der Waals surface area contributed by atoms with Crippen molar-refractivity contribution in [2.45, 2.75) is 20.6 Å². The molecule has 4 heterocycles. The number of hydrogen-bond acceptors (Lipinski definition) is 3. The zero-order valence-electron chi connectivity index (χ0n) is 37.8. The average molecular weight is 906 g/mol. The molecule has 70 heavy (non-hydrogen) atoms. The number of rotatable bonds is 3. The fraction of sp³-hybridized carbons (Fsp3) is 0.0303. The summed E-state index contributed by atoms with van der Waals surface area (Å²) in [5.41, 5.74) is 24.4. The smallest absolute Gasteiger partial charge is 0.0937 e. The molecule has 3 aliphatic carbocycles. The number of para-hydroxylation sites is 2. The van der Waals surface area contributed by atoms with E-state index in [1.54, 1.807) is 0 Å². The maximum Gasteiger partial charge on any atom is 0.0937 e. The summed E-state index contributed by atoms with van der Waals surface area (Å²) in [6.07, 6.45) is 3.99. The molecule has 0 amide bonds. The topological polar surface area (TPSA) is 30.7 Å². The fourth-order valence-corrected chi connectivity index (χ4v) is 14.5. The van der Waals surface area contributed by atoms with E-state index in [9.17, 15) is 0 Å². The van der Waals surface area contributed by atoms with Crippen molar-refractivity contribution in [3.8, 4) is 61.6 Å². The molecule has 0 saturated carbocycles. The van der Waals surface area contributed by atoms with Crippen molar-refractivity contribution >= 4 is 33.6 Å². The largest absolute Gasteiger partial charge is 0.309 e. The van der Waals surface area contributed by atoms with Crippen molar-refractivity contribution in [3.05, 3.63) is 281 Å². The molecule has 1 atom stereocenters. The summed E-state index contributed by atoms with van der Waals surface area (Å²) >= 11 is 1.90. The Morgan fingerprint density at radius 3 is 1.59 bits per heavy atom. The Morgan fingerprint density at radius 2 is 0.871 bits per heavy atom. The SMILES string of the molecule is c1cc(-c2cccc(-n3c4ccccc4c4ccccc43)c2)cc(-c2cnc3c(c2)C2(c4ccccc4Sc4cc5c(cc42)-c2ccccc2C52c4ccccc4-c4ccccc42)c2cccnc2-3)c1. The second-order valence-corrected chi connectivity index (χ2v) is 20.2. The number of fused-ring (bicyclic) bond motifs is 22. The standard InChI is InChI=1S/C66H39N3S/c1-6-25-51-45(20-1)46-21-2-7-26-52(46)65(51)53-27-8-3-22-47(53)50-37-57-62(38-56(50)65)70-61-32-12-9-28-54(61)66(57)55-29-15-33-67-63(55)64-58(66)36-43(39-68-64)41-17-13-16-40(34-41)42-18-14-19-44(35-42)69-59-30-10-4-23-48(59)49-24-5-11-31-60(49)69/h1-39H. The summed E-state index contributed by atoms with van der Waals surface area (Å²) in [4.78, 5) is 13.1. The van der Waals surface area contributed by atoms with Gasteiger partial charge in [-0.1, -0.05) is 176 Å². The zero-order chi connectivity index (χ0) is 45.7. The highest BCUT2D eigenvalue weighted by Gasteiger charge is 2.56. The van der Waals surface area contributed by atoms with Gasteiger partial charge in [0.2, 0.25) is 0 Å². The van der Waals surface area contributed by atoms with E-state index in [0.29, 0.717) is 0 Å². The number of benzene rings is 9. The van der Waals surface area contributed by atoms with E-state index >= 15 is 0 Å². The minimum atomic E-state index is -0.668. The van der Waals surface area contributed by atoms with Gasteiger partial charge < -0.3 is 4.57 Å². The summed E-state index contributed by atoms with van der Waals surface area (Å²) in [6, 6.07) is 83.7. The number of pyridine rings is 2. The minimum absolute atomic E-state index is 0.436. The van der Waals surface area contributed by atoms with E-state index in [-0.39, 0.29) is 0 Å². The van der Waals surface area contributed by atoms with Crippen LogP contribution in [0.4, 0.5) is 0 Å². The molecule has 0 N–H and O–H groups in total. The van der Waals surface area contributed by atoms with Crippen LogP contribution in [0.15, 0.2) is 247 Å². The summed E-state index contributed by atoms with van der Waals surface area (Å²) in [5.74, 6) is 0. The summed E-state index contributed by atoms with van der Waals surface area (Å²) in [5, 5.41) is 2.52. The molecule has 3 aromatic heterocycles. The van der Waals surface area contributed by atoms with Gasteiger partial charge in [0.05, 0.1) is 33.3 Å². The molecular weight excluding hydrogens is 867 g/mol. The highest BCUT2D eigenvalue weighted by atomic mass is 32.2. The highest BCUT2D eigenvalue weighted by molar-refractivity contribution is 7.99. The van der Waals surface area contributed by atoms with Crippen LogP contribution in [0, 0.1) is 0 Å². The second-order valence-electron chi connectivity index (χ2n) is 19.1. The Kier molecular flexibility index (Phi) is 7.69. The van der Waals surface area contributed by atoms with Gasteiger partial charge in [-0.15, -0.1) is 0 Å². The van der Waals surface area contributed by atoms with Crippen LogP contribution in [0.25, 0.3) is 83.4 Å². The van der Waals surface area contributed by atoms with E-state index in [4.69, 9.17) is 9.97 Å². The quantitative estimate of drug-likeness (QED) is 0.177. The summed E-state index contributed by atoms with van der Waals surface area (Å²) in [7, 11) is 0. The van der Waals surface area contributed by atoms with Gasteiger partial charge in [0, 0.05) is 49.8 Å². The zero-order valence-corrected chi connectivity index (χ0v) is 38.6. The van der Waals surface area contributed by atoms with Gasteiger partial charge >= 0.3 is 0 Å². The van der Waals surface area contributed by atoms with Crippen LogP contribution in [-0.2, 0) is 10.8 Å². The van der Waals surface area contributed by atoms with Crippen LogP contribution in [-0.4, -0.2) is 14.5 Å². The average Bonchev–Trinajstić information content (AvgIpc) is 4.11. The number of hydrogen-bond donors (Lipinski definition) is 0. The van der Waals surface area contributed by atoms with Crippen molar-refractivity contribution < 1.29 is 0 Å². The predicted octanol–water partition coefficient (Wildman–Crippen LogP) is 16.1. The second kappa shape index (κ2) is 14.0. The molecule has 16 rings (SSSR count). The molecular formula is C66H39N3S. The van der Waals surface area contributed by atoms with Crippen LogP contribution >= 0.6 is 11.8 Å². The maximum absolute atomic E-state index is 5.42. The molecule has 0 fully saturated rings. The maximum atomic E-state index is 5.42. The third-order valence-corrected chi connectivity index (χ3v) is 17.1. The Balaban J connectivity index is 0.902. The molecule has 4 heteroatoms. The Bertz CT molecular complexity index is 4160. The van der Waals surface area contributed by atoms with E-state index in [1.165, 1.54) is 98.4 Å². The van der Waals surface area contributed by atoms with E-state index in [1.807, 2.05) is 18.0 Å². The first-order valence-corrected chi connectivity index (χ1v) is 24.9. The molecule has 0 saturated heterocycles. The third kappa shape index (κ3) is 4.81. The van der Waals surface area contributed by atoms with Crippen LogP contribution in [0.5, 0.6) is 0 Å². The van der Waals surface area contributed by atoms with Crippen molar-refractivity contribution in [1.82, 2.24) is 14.5 Å². The van der Waals surface area contributed by atoms with Gasteiger partial charge in [-0.25, -0.2) is 0 Å². The Hall–Kier alpha value is -8.57. The van der Waals surface area contributed by atoms with Crippen LogP contribution in [0.2, 0.25) is 0 Å². The third-order valence-electron chi connectivity index (χ3n) is 16.0. The Morgan fingerprint density at radius 1 is 0.329 bits per heavy atom. The van der Waals surface area contributed by atoms with Crippen molar-refractivity contribution in [2.75, 3.05) is 0 Å². The number of nitrogens with zero attached hydrogens (tertiary/aromatic N) is 3. The summed E-state index contributed by atoms with van der Waals surface area (Å²) in [6.45, 7) is 0. The van der Waals surface area contributed by atoms with Crippen molar-refractivity contribution in [2.24, 2.45) is 0 Å². The molecule has 0 radical (unpaired) electrons. The molecule has 1 unspecified atom stereocenters. The lowest BCUT2D eigenvalue weighted by Crippen LogP contribution is -2.33. The van der Waals surface area contributed by atoms with E-state index in [2.05, 4.69) is 235 Å². The summed E-state index contributed by atoms with van der Waals surface area (Å²) < 4.78 is 2.39. The van der Waals surface area contributed by atoms with Crippen LogP contribution in [0.1, 0.15) is 44.5 Å². The molecule has 324 valence electrons. The molecule has 0 bridgehead atoms. The monoisotopic (exact) mass is 905 g/mol.